The summed E-state index contributed by atoms with van der Waals surface area (Å²) < 4.78 is 0. The summed E-state index contributed by atoms with van der Waals surface area (Å²) in [4.78, 5) is 16.9. The minimum atomic E-state index is 0.0942. The molecule has 1 aromatic rings. The molecule has 1 fully saturated rings. The lowest BCUT2D eigenvalue weighted by Crippen LogP contribution is -2.44. The van der Waals surface area contributed by atoms with Crippen LogP contribution in [0.2, 0.25) is 0 Å². The van der Waals surface area contributed by atoms with E-state index in [1.165, 1.54) is 0 Å². The van der Waals surface area contributed by atoms with E-state index in [0.29, 0.717) is 16.6 Å². The van der Waals surface area contributed by atoms with E-state index in [9.17, 15) is 4.79 Å². The molecule has 4 nitrogen and oxygen atoms in total. The number of piperidine rings is 1. The number of amides is 1. The highest BCUT2D eigenvalue weighted by atomic mass is 32.1. The number of hydrogen-bond acceptors (Lipinski definition) is 3. The van der Waals surface area contributed by atoms with E-state index in [1.807, 2.05) is 17.0 Å². The van der Waals surface area contributed by atoms with Gasteiger partial charge in [-0.2, -0.15) is 0 Å². The summed E-state index contributed by atoms with van der Waals surface area (Å²) in [6.07, 6.45) is 2.06. The van der Waals surface area contributed by atoms with E-state index in [-0.39, 0.29) is 5.91 Å². The molecule has 0 bridgehead atoms. The zero-order valence-electron chi connectivity index (χ0n) is 12.0. The quantitative estimate of drug-likeness (QED) is 0.857. The predicted molar refractivity (Wildman–Crippen MR) is 84.9 cm³/mol. The predicted octanol–water partition coefficient (Wildman–Crippen LogP) is 1.49. The molecule has 1 saturated heterocycles. The van der Waals surface area contributed by atoms with Gasteiger partial charge in [-0.05, 0) is 39.1 Å². The van der Waals surface area contributed by atoms with Crippen molar-refractivity contribution < 1.29 is 4.79 Å². The summed E-state index contributed by atoms with van der Waals surface area (Å²) in [5.41, 5.74) is 7.05. The van der Waals surface area contributed by atoms with Crippen molar-refractivity contribution in [3.05, 3.63) is 35.4 Å². The molecule has 1 heterocycles. The lowest BCUT2D eigenvalue weighted by molar-refractivity contribution is 0.0663. The number of carbonyl (C=O) groups excluding carboxylic acids is 1. The van der Waals surface area contributed by atoms with E-state index in [4.69, 9.17) is 18.0 Å². The van der Waals surface area contributed by atoms with E-state index in [2.05, 4.69) is 19.0 Å². The largest absolute Gasteiger partial charge is 0.389 e. The molecule has 0 spiro atoms. The van der Waals surface area contributed by atoms with Crippen molar-refractivity contribution in [2.45, 2.75) is 18.9 Å². The molecule has 0 unspecified atom stereocenters. The lowest BCUT2D eigenvalue weighted by atomic mass is 10.0. The van der Waals surface area contributed by atoms with Crippen molar-refractivity contribution in [1.82, 2.24) is 9.80 Å². The van der Waals surface area contributed by atoms with Gasteiger partial charge in [0.05, 0.1) is 0 Å². The average Bonchev–Trinajstić information content (AvgIpc) is 2.46. The van der Waals surface area contributed by atoms with Crippen LogP contribution in [0.5, 0.6) is 0 Å². The fourth-order valence-electron chi connectivity index (χ4n) is 2.54. The highest BCUT2D eigenvalue weighted by Gasteiger charge is 2.24. The van der Waals surface area contributed by atoms with Crippen molar-refractivity contribution in [2.75, 3.05) is 27.2 Å². The molecule has 0 atom stereocenters. The molecule has 1 aliphatic rings. The number of nitrogens with two attached hydrogens (primary N) is 1. The molecular formula is C15H21N3OS. The van der Waals surface area contributed by atoms with Gasteiger partial charge >= 0.3 is 0 Å². The summed E-state index contributed by atoms with van der Waals surface area (Å²) >= 11 is 4.91. The van der Waals surface area contributed by atoms with Crippen LogP contribution in [0, 0.1) is 0 Å². The molecule has 0 saturated carbocycles. The van der Waals surface area contributed by atoms with Crippen LogP contribution >= 0.6 is 12.2 Å². The summed E-state index contributed by atoms with van der Waals surface area (Å²) in [6.45, 7) is 1.64. The Bertz CT molecular complexity index is 490. The molecule has 108 valence electrons. The van der Waals surface area contributed by atoms with Gasteiger partial charge in [0.1, 0.15) is 4.99 Å². The summed E-state index contributed by atoms with van der Waals surface area (Å²) in [5, 5.41) is 0. The first-order chi connectivity index (χ1) is 9.49. The Kier molecular flexibility index (Phi) is 4.73. The van der Waals surface area contributed by atoms with Gasteiger partial charge in [-0.3, -0.25) is 4.79 Å². The van der Waals surface area contributed by atoms with Crippen LogP contribution in [0.3, 0.4) is 0 Å². The van der Waals surface area contributed by atoms with Crippen molar-refractivity contribution in [3.63, 3.8) is 0 Å². The summed E-state index contributed by atoms with van der Waals surface area (Å²) in [6, 6.07) is 7.80. The standard InChI is InChI=1S/C15H21N3OS/c1-17(2)13-7-9-18(10-8-13)15(19)12-5-3-11(4-6-12)14(16)20/h3-6,13H,7-10H2,1-2H3,(H2,16,20). The number of hydrogen-bond donors (Lipinski definition) is 1. The average molecular weight is 291 g/mol. The Hall–Kier alpha value is -1.46. The Morgan fingerprint density at radius 1 is 1.20 bits per heavy atom. The maximum absolute atomic E-state index is 12.4. The van der Waals surface area contributed by atoms with Gasteiger partial charge < -0.3 is 15.5 Å². The number of thiocarbonyl (C=S) groups is 1. The fourth-order valence-corrected chi connectivity index (χ4v) is 2.68. The second kappa shape index (κ2) is 6.33. The third kappa shape index (κ3) is 3.35. The van der Waals surface area contributed by atoms with Crippen LogP contribution in [-0.4, -0.2) is 53.9 Å². The first kappa shape index (κ1) is 14.9. The zero-order chi connectivity index (χ0) is 14.7. The maximum Gasteiger partial charge on any atom is 0.253 e. The second-order valence-electron chi connectivity index (χ2n) is 5.43. The number of carbonyl (C=O) groups is 1. The first-order valence-electron chi connectivity index (χ1n) is 6.84. The van der Waals surface area contributed by atoms with Crippen molar-refractivity contribution in [1.29, 1.82) is 0 Å². The zero-order valence-corrected chi connectivity index (χ0v) is 12.8. The van der Waals surface area contributed by atoms with Gasteiger partial charge in [-0.25, -0.2) is 0 Å². The second-order valence-corrected chi connectivity index (χ2v) is 5.87. The Morgan fingerprint density at radius 3 is 2.15 bits per heavy atom. The molecular weight excluding hydrogens is 270 g/mol. The third-order valence-electron chi connectivity index (χ3n) is 3.90. The van der Waals surface area contributed by atoms with E-state index in [1.54, 1.807) is 12.1 Å². The van der Waals surface area contributed by atoms with Crippen LogP contribution in [0.1, 0.15) is 28.8 Å². The molecule has 20 heavy (non-hydrogen) atoms. The van der Waals surface area contributed by atoms with Crippen LogP contribution in [0.25, 0.3) is 0 Å². The van der Waals surface area contributed by atoms with E-state index in [0.717, 1.165) is 31.5 Å². The van der Waals surface area contributed by atoms with Crippen LogP contribution in [-0.2, 0) is 0 Å². The van der Waals surface area contributed by atoms with Crippen molar-refractivity contribution >= 4 is 23.1 Å². The monoisotopic (exact) mass is 291 g/mol. The number of rotatable bonds is 3. The number of likely N-dealkylation sites (tertiary alicyclic amines) is 1. The van der Waals surface area contributed by atoms with Gasteiger partial charge in [-0.1, -0.05) is 24.4 Å². The van der Waals surface area contributed by atoms with Gasteiger partial charge in [0, 0.05) is 30.3 Å². The number of benzene rings is 1. The Morgan fingerprint density at radius 2 is 1.70 bits per heavy atom. The van der Waals surface area contributed by atoms with Crippen molar-refractivity contribution in [2.24, 2.45) is 5.73 Å². The summed E-state index contributed by atoms with van der Waals surface area (Å²) in [7, 11) is 4.19. The topological polar surface area (TPSA) is 49.6 Å². The smallest absolute Gasteiger partial charge is 0.253 e. The molecule has 0 radical (unpaired) electrons. The Balaban J connectivity index is 2.00. The van der Waals surface area contributed by atoms with Gasteiger partial charge in [0.2, 0.25) is 0 Å². The van der Waals surface area contributed by atoms with Crippen LogP contribution < -0.4 is 5.73 Å². The minimum absolute atomic E-state index is 0.0942. The molecule has 0 aromatic heterocycles. The Labute approximate surface area is 125 Å². The van der Waals surface area contributed by atoms with Gasteiger partial charge in [-0.15, -0.1) is 0 Å². The SMILES string of the molecule is CN(C)C1CCN(C(=O)c2ccc(C(N)=S)cc2)CC1. The minimum Gasteiger partial charge on any atom is -0.389 e. The van der Waals surface area contributed by atoms with Crippen LogP contribution in [0.4, 0.5) is 0 Å². The molecule has 2 N–H and O–H groups in total. The molecule has 2 rings (SSSR count). The lowest BCUT2D eigenvalue weighted by Gasteiger charge is -2.35. The maximum atomic E-state index is 12.4. The molecule has 1 aromatic carbocycles. The normalized spacial score (nSPS) is 16.4. The van der Waals surface area contributed by atoms with E-state index >= 15 is 0 Å². The molecule has 1 aliphatic heterocycles. The fraction of sp³-hybridized carbons (Fsp3) is 0.467. The first-order valence-corrected chi connectivity index (χ1v) is 7.25. The molecule has 0 aliphatic carbocycles. The van der Waals surface area contributed by atoms with Gasteiger partial charge in [0.25, 0.3) is 5.91 Å². The van der Waals surface area contributed by atoms with Crippen molar-refractivity contribution in [3.8, 4) is 0 Å². The summed E-state index contributed by atoms with van der Waals surface area (Å²) in [5.74, 6) is 0.0942. The van der Waals surface area contributed by atoms with Gasteiger partial charge in [0.15, 0.2) is 0 Å². The molecule has 5 heteroatoms. The highest BCUT2D eigenvalue weighted by Crippen LogP contribution is 2.17. The third-order valence-corrected chi connectivity index (χ3v) is 4.13. The highest BCUT2D eigenvalue weighted by molar-refractivity contribution is 7.80. The molecule has 1 amide bonds. The number of nitrogens with zero attached hydrogens (tertiary/aromatic N) is 2. The van der Waals surface area contributed by atoms with E-state index < -0.39 is 0 Å². The van der Waals surface area contributed by atoms with Crippen LogP contribution in [0.15, 0.2) is 24.3 Å².